The standard InChI is InChI=1S/C21H22N2O2S.C9H18.ClH.Ru/c1-16-12-14-19(15-13-16)26(24,25)23-21(18-10-6-3-7-11-18)20(22)17-8-4-2-5-9-17;1-7-4-8(2)6-9(3)5-7;;/h2-15,20-21,23H,22H2,1H3;7-9H,4-6H2,1-3H3;1H;/q;;;+1/p-1/t20-,21-;;;/m1.../s1. The van der Waals surface area contributed by atoms with Crippen LogP contribution >= 0.6 is 9.69 Å². The van der Waals surface area contributed by atoms with Crippen LogP contribution in [0.1, 0.15) is 68.8 Å². The van der Waals surface area contributed by atoms with Crippen LogP contribution in [0.25, 0.3) is 0 Å². The quantitative estimate of drug-likeness (QED) is 0.278. The first kappa shape index (κ1) is 31.7. The third kappa shape index (κ3) is 10.3. The predicted octanol–water partition coefficient (Wildman–Crippen LogP) is 7.48. The average Bonchev–Trinajstić information content (AvgIpc) is 2.89. The number of aryl methyl sites for hydroxylation is 1. The van der Waals surface area contributed by atoms with Gasteiger partial charge < -0.3 is 5.73 Å². The molecule has 0 bridgehead atoms. The Bertz CT molecular complexity index is 1120. The van der Waals surface area contributed by atoms with Crippen molar-refractivity contribution < 1.29 is 25.7 Å². The van der Waals surface area contributed by atoms with Gasteiger partial charge in [-0.2, -0.15) is 0 Å². The van der Waals surface area contributed by atoms with E-state index in [0.717, 1.165) is 34.4 Å². The van der Waals surface area contributed by atoms with Crippen LogP contribution in [0.5, 0.6) is 0 Å². The first-order valence-corrected chi connectivity index (χ1v) is 16.5. The molecule has 7 heteroatoms. The Morgan fingerprint density at radius 3 is 1.59 bits per heavy atom. The van der Waals surface area contributed by atoms with E-state index in [4.69, 9.17) is 5.73 Å². The van der Waals surface area contributed by atoms with Crippen LogP contribution < -0.4 is 10.5 Å². The Balaban J connectivity index is 0.000000367. The van der Waals surface area contributed by atoms with Crippen molar-refractivity contribution in [2.45, 2.75) is 63.9 Å². The average molecular weight is 629 g/mol. The molecule has 0 amide bonds. The molecule has 1 aliphatic rings. The second-order valence-corrected chi connectivity index (χ2v) is 12.0. The molecule has 4 nitrogen and oxygen atoms in total. The Morgan fingerprint density at radius 2 is 1.16 bits per heavy atom. The van der Waals surface area contributed by atoms with Crippen LogP contribution in [0.4, 0.5) is 0 Å². The van der Waals surface area contributed by atoms with Crippen LogP contribution in [-0.2, 0) is 27.3 Å². The van der Waals surface area contributed by atoms with Crippen LogP contribution in [0.3, 0.4) is 0 Å². The molecular formula is C30H40ClN2O2RuS. The number of nitrogens with one attached hydrogen (secondary N) is 1. The summed E-state index contributed by atoms with van der Waals surface area (Å²) < 4.78 is 28.6. The molecule has 1 saturated carbocycles. The Kier molecular flexibility index (Phi) is 13.5. The molecule has 0 aromatic heterocycles. The molecule has 37 heavy (non-hydrogen) atoms. The molecule has 4 rings (SSSR count). The predicted molar refractivity (Wildman–Crippen MR) is 151 cm³/mol. The summed E-state index contributed by atoms with van der Waals surface area (Å²) in [5.74, 6) is 2.97. The van der Waals surface area contributed by atoms with Crippen molar-refractivity contribution in [1.82, 2.24) is 4.72 Å². The molecule has 1 aliphatic carbocycles. The molecule has 1 fully saturated rings. The molecule has 3 aromatic rings. The van der Waals surface area contributed by atoms with Crippen molar-refractivity contribution in [1.29, 1.82) is 0 Å². The second-order valence-electron chi connectivity index (χ2n) is 10.3. The summed E-state index contributed by atoms with van der Waals surface area (Å²) in [6, 6.07) is 24.6. The number of rotatable bonds is 6. The Morgan fingerprint density at radius 1 is 0.757 bits per heavy atom. The fourth-order valence-corrected chi connectivity index (χ4v) is 6.43. The molecule has 0 aliphatic heterocycles. The molecule has 0 spiro atoms. The van der Waals surface area contributed by atoms with Crippen LogP contribution in [-0.4, -0.2) is 8.42 Å². The second kappa shape index (κ2) is 15.8. The van der Waals surface area contributed by atoms with Gasteiger partial charge in [0, 0.05) is 0 Å². The third-order valence-electron chi connectivity index (χ3n) is 6.73. The third-order valence-corrected chi connectivity index (χ3v) is 8.19. The maximum absolute atomic E-state index is 12.9. The Hall–Kier alpha value is -1.56. The van der Waals surface area contributed by atoms with E-state index in [1.807, 2.05) is 84.9 Å². The van der Waals surface area contributed by atoms with Gasteiger partial charge in [0.15, 0.2) is 0 Å². The van der Waals surface area contributed by atoms with Gasteiger partial charge in [-0.3, -0.25) is 0 Å². The summed E-state index contributed by atoms with van der Waals surface area (Å²) in [6.45, 7) is 9.06. The van der Waals surface area contributed by atoms with E-state index in [1.54, 1.807) is 24.3 Å². The van der Waals surface area contributed by atoms with Gasteiger partial charge in [0.2, 0.25) is 10.0 Å². The van der Waals surface area contributed by atoms with Crippen LogP contribution in [0, 0.1) is 24.7 Å². The first-order valence-electron chi connectivity index (χ1n) is 12.7. The summed E-state index contributed by atoms with van der Waals surface area (Å²) in [6.07, 6.45) is 4.39. The number of hydrogen-bond acceptors (Lipinski definition) is 3. The van der Waals surface area contributed by atoms with Crippen LogP contribution in [0.2, 0.25) is 0 Å². The van der Waals surface area contributed by atoms with Gasteiger partial charge in [-0.25, -0.2) is 13.1 Å². The molecule has 3 aromatic carbocycles. The first-order chi connectivity index (χ1) is 17.7. The molecule has 203 valence electrons. The van der Waals surface area contributed by atoms with Crippen molar-refractivity contribution >= 4 is 19.7 Å². The van der Waals surface area contributed by atoms with E-state index in [9.17, 15) is 8.42 Å². The zero-order valence-electron chi connectivity index (χ0n) is 22.1. The normalized spacial score (nSPS) is 20.9. The summed E-state index contributed by atoms with van der Waals surface area (Å²) >= 11 is 1.82. The zero-order chi connectivity index (χ0) is 27.4. The number of benzene rings is 3. The summed E-state index contributed by atoms with van der Waals surface area (Å²) in [4.78, 5) is 0.226. The molecule has 0 saturated heterocycles. The summed E-state index contributed by atoms with van der Waals surface area (Å²) in [5.41, 5.74) is 9.15. The van der Waals surface area contributed by atoms with E-state index in [2.05, 4.69) is 35.2 Å². The number of hydrogen-bond donors (Lipinski definition) is 2. The van der Waals surface area contributed by atoms with Gasteiger partial charge in [-0.15, -0.1) is 0 Å². The molecule has 2 atom stereocenters. The van der Waals surface area contributed by atoms with E-state index in [1.165, 1.54) is 19.3 Å². The molecule has 0 heterocycles. The monoisotopic (exact) mass is 629 g/mol. The minimum absolute atomic E-state index is 0.226. The molecule has 0 unspecified atom stereocenters. The zero-order valence-corrected chi connectivity index (χ0v) is 25.4. The Labute approximate surface area is 238 Å². The fraction of sp³-hybridized carbons (Fsp3) is 0.400. The SMILES string of the molecule is CC1CC(C)CC(C)C1.Cc1ccc(S(=O)(=O)N[C@H](c2ccccc2)[C@H](N)c2ccccc2)cc1.[Cl][Ru]. The molecular weight excluding hydrogens is 589 g/mol. The van der Waals surface area contributed by atoms with Gasteiger partial charge in [-0.05, 0) is 67.2 Å². The van der Waals surface area contributed by atoms with E-state index in [-0.39, 0.29) is 4.90 Å². The van der Waals surface area contributed by atoms with Crippen molar-refractivity contribution in [3.8, 4) is 0 Å². The van der Waals surface area contributed by atoms with Crippen molar-refractivity contribution in [2.24, 2.45) is 23.5 Å². The van der Waals surface area contributed by atoms with Gasteiger partial charge >= 0.3 is 27.0 Å². The fourth-order valence-electron chi connectivity index (χ4n) is 5.18. The maximum atomic E-state index is 12.9. The van der Waals surface area contributed by atoms with E-state index < -0.39 is 22.1 Å². The molecule has 3 N–H and O–H groups in total. The summed E-state index contributed by atoms with van der Waals surface area (Å²) in [7, 11) is 0.861. The van der Waals surface area contributed by atoms with E-state index >= 15 is 0 Å². The van der Waals surface area contributed by atoms with Gasteiger partial charge in [-0.1, -0.05) is 99.1 Å². The minimum atomic E-state index is -3.71. The van der Waals surface area contributed by atoms with Crippen LogP contribution in [0.15, 0.2) is 89.8 Å². The van der Waals surface area contributed by atoms with E-state index in [0.29, 0.717) is 0 Å². The van der Waals surface area contributed by atoms with Gasteiger partial charge in [0.25, 0.3) is 0 Å². The van der Waals surface area contributed by atoms with Gasteiger partial charge in [0.1, 0.15) is 0 Å². The molecule has 0 radical (unpaired) electrons. The van der Waals surface area contributed by atoms with Crippen molar-refractivity contribution in [3.05, 3.63) is 102 Å². The summed E-state index contributed by atoms with van der Waals surface area (Å²) in [5, 5.41) is 0. The van der Waals surface area contributed by atoms with Gasteiger partial charge in [0.05, 0.1) is 17.0 Å². The number of halogens is 1. The number of nitrogens with two attached hydrogens (primary N) is 1. The van der Waals surface area contributed by atoms with Crippen molar-refractivity contribution in [2.75, 3.05) is 0 Å². The van der Waals surface area contributed by atoms with Crippen molar-refractivity contribution in [3.63, 3.8) is 0 Å². The number of sulfonamides is 1. The topological polar surface area (TPSA) is 72.2 Å².